The smallest absolute Gasteiger partial charge is 0.305 e. The molecule has 26 heteroatoms. The number of hydrogen-bond acceptors (Lipinski definition) is 19. The third-order valence-electron chi connectivity index (χ3n) is 8.27. The Hall–Kier alpha value is -7.65. The highest BCUT2D eigenvalue weighted by Gasteiger charge is 2.29. The minimum Gasteiger partial charge on any atom is -0.505 e. The van der Waals surface area contributed by atoms with Crippen molar-refractivity contribution in [2.75, 3.05) is 24.3 Å². The largest absolute Gasteiger partial charge is 0.505 e. The van der Waals surface area contributed by atoms with Crippen LogP contribution in [-0.2, 0) is 39.4 Å². The number of ether oxygens (including phenoxy) is 2. The standard InChI is InChI=1S/C36H31N9O15S2/c1-19-14-22(5-8-25(19)41-39-20-2-6-23(7-3-20)60-18-46)40-43-27-17-29(61(53,54)55)24-16-30(62(56,57)58)35(36(50)33(24)34(27)37)44-42-26-9-4-21(15-28(26)45(51)52)38-31(47)10-12-59-13-11-32(48)49/h2-9,14-18,50H,10-13,37H2,1H3,(H,38,47)(H,48,49)(H,53,54,55)(H,56,57,58). The number of amides is 1. The fourth-order valence-corrected chi connectivity index (χ4v) is 6.72. The second kappa shape index (κ2) is 19.2. The van der Waals surface area contributed by atoms with Crippen molar-refractivity contribution in [1.29, 1.82) is 0 Å². The van der Waals surface area contributed by atoms with Gasteiger partial charge in [-0.15, -0.1) is 15.3 Å². The second-order valence-corrected chi connectivity index (χ2v) is 15.3. The van der Waals surface area contributed by atoms with Crippen LogP contribution in [0.5, 0.6) is 11.5 Å². The van der Waals surface area contributed by atoms with E-state index in [-0.39, 0.29) is 43.9 Å². The van der Waals surface area contributed by atoms with Crippen LogP contribution < -0.4 is 15.8 Å². The number of hydrogen-bond donors (Lipinski definition) is 6. The Bertz CT molecular complexity index is 2920. The van der Waals surface area contributed by atoms with Gasteiger partial charge in [0.25, 0.3) is 32.4 Å². The lowest BCUT2D eigenvalue weighted by Crippen LogP contribution is -2.15. The number of nitro groups is 1. The fourth-order valence-electron chi connectivity index (χ4n) is 5.37. The van der Waals surface area contributed by atoms with E-state index >= 15 is 0 Å². The highest BCUT2D eigenvalue weighted by molar-refractivity contribution is 7.86. The maximum atomic E-state index is 12.6. The highest BCUT2D eigenvalue weighted by Crippen LogP contribution is 2.48. The molecule has 5 aromatic carbocycles. The molecule has 7 N–H and O–H groups in total. The first-order valence-corrected chi connectivity index (χ1v) is 20.2. The molecule has 1 amide bonds. The van der Waals surface area contributed by atoms with E-state index in [4.69, 9.17) is 20.3 Å². The van der Waals surface area contributed by atoms with Crippen LogP contribution in [-0.4, -0.2) is 72.6 Å². The summed E-state index contributed by atoms with van der Waals surface area (Å²) >= 11 is 0. The molecule has 0 aliphatic rings. The maximum Gasteiger partial charge on any atom is 0.305 e. The van der Waals surface area contributed by atoms with Crippen molar-refractivity contribution in [3.63, 3.8) is 0 Å². The molecule has 62 heavy (non-hydrogen) atoms. The van der Waals surface area contributed by atoms with Gasteiger partial charge in [0.15, 0.2) is 11.4 Å². The van der Waals surface area contributed by atoms with E-state index in [0.29, 0.717) is 28.8 Å². The van der Waals surface area contributed by atoms with E-state index in [1.54, 1.807) is 19.1 Å². The molecular weight excluding hydrogens is 863 g/mol. The monoisotopic (exact) mass is 893 g/mol. The van der Waals surface area contributed by atoms with Gasteiger partial charge in [0, 0.05) is 17.1 Å². The molecule has 0 unspecified atom stereocenters. The lowest BCUT2D eigenvalue weighted by atomic mass is 10.0. The number of carboxylic acid groups (broad SMARTS) is 1. The molecule has 5 rings (SSSR count). The van der Waals surface area contributed by atoms with Crippen molar-refractivity contribution in [2.24, 2.45) is 30.7 Å². The van der Waals surface area contributed by atoms with Crippen LogP contribution in [0.25, 0.3) is 10.8 Å². The Morgan fingerprint density at radius 2 is 1.42 bits per heavy atom. The van der Waals surface area contributed by atoms with E-state index in [9.17, 15) is 55.5 Å². The number of carboxylic acids is 1. The van der Waals surface area contributed by atoms with Gasteiger partial charge in [0.2, 0.25) is 5.91 Å². The number of nitrogens with zero attached hydrogens (tertiary/aromatic N) is 7. The summed E-state index contributed by atoms with van der Waals surface area (Å²) in [6.07, 6.45) is -0.521. The van der Waals surface area contributed by atoms with Crippen molar-refractivity contribution in [1.82, 2.24) is 0 Å². The number of nitrogens with two attached hydrogens (primary N) is 1. The summed E-state index contributed by atoms with van der Waals surface area (Å²) in [4.78, 5) is 42.1. The van der Waals surface area contributed by atoms with Crippen molar-refractivity contribution < 1.29 is 64.9 Å². The number of aliphatic carboxylic acids is 1. The topological polar surface area (TPSA) is 374 Å². The van der Waals surface area contributed by atoms with E-state index in [1.807, 2.05) is 0 Å². The number of fused-ring (bicyclic) bond motifs is 1. The lowest BCUT2D eigenvalue weighted by molar-refractivity contribution is -0.384. The summed E-state index contributed by atoms with van der Waals surface area (Å²) in [5, 5.41) is 56.7. The number of aryl methyl sites for hydroxylation is 1. The number of rotatable bonds is 18. The molecule has 0 saturated heterocycles. The van der Waals surface area contributed by atoms with Crippen molar-refractivity contribution in [3.05, 3.63) is 88.5 Å². The molecule has 0 radical (unpaired) electrons. The summed E-state index contributed by atoms with van der Waals surface area (Å²) in [5.41, 5.74) is 4.41. The normalized spacial score (nSPS) is 12.0. The Morgan fingerprint density at radius 3 is 2.05 bits per heavy atom. The molecule has 5 aromatic rings. The zero-order valence-corrected chi connectivity index (χ0v) is 33.3. The number of nitro benzene ring substituents is 1. The third kappa shape index (κ3) is 11.3. The minimum atomic E-state index is -5.40. The van der Waals surface area contributed by atoms with E-state index < -0.39 is 91.8 Å². The Kier molecular flexibility index (Phi) is 14.0. The number of phenols is 1. The molecule has 0 heterocycles. The van der Waals surface area contributed by atoms with Gasteiger partial charge in [-0.3, -0.25) is 33.6 Å². The van der Waals surface area contributed by atoms with Crippen LogP contribution >= 0.6 is 0 Å². The quantitative estimate of drug-likeness (QED) is 0.00946. The average Bonchev–Trinajstić information content (AvgIpc) is 3.19. The number of carbonyl (C=O) groups is 3. The number of aromatic hydroxyl groups is 1. The highest BCUT2D eigenvalue weighted by atomic mass is 32.2. The van der Waals surface area contributed by atoms with E-state index in [2.05, 4.69) is 36.0 Å². The van der Waals surface area contributed by atoms with E-state index in [1.165, 1.54) is 30.3 Å². The van der Waals surface area contributed by atoms with Crippen LogP contribution in [0.4, 0.5) is 51.2 Å². The lowest BCUT2D eigenvalue weighted by Gasteiger charge is -2.14. The molecule has 24 nitrogen and oxygen atoms in total. The van der Waals surface area contributed by atoms with Crippen LogP contribution in [0, 0.1) is 17.0 Å². The van der Waals surface area contributed by atoms with Crippen LogP contribution in [0.15, 0.2) is 113 Å². The van der Waals surface area contributed by atoms with Crippen molar-refractivity contribution in [3.8, 4) is 11.5 Å². The Morgan fingerprint density at radius 1 is 0.806 bits per heavy atom. The average molecular weight is 894 g/mol. The van der Waals surface area contributed by atoms with Crippen LogP contribution in [0.1, 0.15) is 18.4 Å². The van der Waals surface area contributed by atoms with E-state index in [0.717, 1.165) is 24.3 Å². The first-order valence-electron chi connectivity index (χ1n) is 17.3. The molecule has 0 aromatic heterocycles. The number of benzene rings is 5. The molecule has 0 atom stereocenters. The van der Waals surface area contributed by atoms with Gasteiger partial charge in [-0.2, -0.15) is 32.2 Å². The Labute approximate surface area is 349 Å². The summed E-state index contributed by atoms with van der Waals surface area (Å²) in [6.45, 7) is 1.65. The SMILES string of the molecule is Cc1cc(N=Nc2cc(S(=O)(=O)O)c3cc(S(=O)(=O)O)c(N=Nc4ccc(NC(=O)CCOCCC(=O)O)cc4[N+](=O)[O-])c(O)c3c2N)ccc1N=Nc1ccc(OC=O)cc1. The summed E-state index contributed by atoms with van der Waals surface area (Å²) < 4.78 is 80.3. The number of phenolic OH excluding ortho intramolecular Hbond substituents is 1. The number of nitrogens with one attached hydrogen (secondary N) is 1. The van der Waals surface area contributed by atoms with Gasteiger partial charge < -0.3 is 30.7 Å². The predicted octanol–water partition coefficient (Wildman–Crippen LogP) is 7.44. The number of nitrogen functional groups attached to an aromatic ring is 1. The molecular formula is C36H31N9O15S2. The summed E-state index contributed by atoms with van der Waals surface area (Å²) in [6, 6.07) is 14.9. The Balaban J connectivity index is 1.51. The molecule has 0 aliphatic carbocycles. The van der Waals surface area contributed by atoms with Gasteiger partial charge in [0.05, 0.1) is 59.1 Å². The zero-order chi connectivity index (χ0) is 45.4. The second-order valence-electron chi connectivity index (χ2n) is 12.5. The fraction of sp³-hybridized carbons (Fsp3) is 0.139. The molecule has 0 bridgehead atoms. The number of azo groups is 3. The van der Waals surface area contributed by atoms with Crippen molar-refractivity contribution >= 4 is 101 Å². The molecule has 0 aliphatic heterocycles. The number of anilines is 2. The first kappa shape index (κ1) is 45.4. The van der Waals surface area contributed by atoms with Crippen molar-refractivity contribution in [2.45, 2.75) is 29.6 Å². The summed E-state index contributed by atoms with van der Waals surface area (Å²) in [5.74, 6) is -2.66. The minimum absolute atomic E-state index is 0.0895. The summed E-state index contributed by atoms with van der Waals surface area (Å²) in [7, 11) is -10.7. The predicted molar refractivity (Wildman–Crippen MR) is 216 cm³/mol. The number of carbonyl (C=O) groups excluding carboxylic acids is 2. The third-order valence-corrected chi connectivity index (χ3v) is 10.0. The maximum absolute atomic E-state index is 12.6. The van der Waals surface area contributed by atoms with Gasteiger partial charge >= 0.3 is 5.97 Å². The molecule has 322 valence electrons. The van der Waals surface area contributed by atoms with Crippen LogP contribution in [0.3, 0.4) is 0 Å². The zero-order valence-electron chi connectivity index (χ0n) is 31.6. The van der Waals surface area contributed by atoms with Gasteiger partial charge in [-0.05, 0) is 79.2 Å². The van der Waals surface area contributed by atoms with Crippen LogP contribution in [0.2, 0.25) is 0 Å². The first-order chi connectivity index (χ1) is 29.3. The van der Waals surface area contributed by atoms with Gasteiger partial charge in [-0.1, -0.05) is 0 Å². The molecule has 0 saturated carbocycles. The molecule has 0 spiro atoms. The molecule has 0 fully saturated rings. The van der Waals surface area contributed by atoms with Gasteiger partial charge in [0.1, 0.15) is 26.9 Å². The van der Waals surface area contributed by atoms with Gasteiger partial charge in [-0.25, -0.2) is 0 Å².